The first-order chi connectivity index (χ1) is 24.0. The van der Waals surface area contributed by atoms with Gasteiger partial charge in [-0.15, -0.1) is 0 Å². The summed E-state index contributed by atoms with van der Waals surface area (Å²) in [5.41, 5.74) is 1.95. The normalized spacial score (nSPS) is 14.3. The van der Waals surface area contributed by atoms with Crippen LogP contribution < -0.4 is 25.7 Å². The molecule has 50 heavy (non-hydrogen) atoms. The molecular formula is C37H43ClN8O4. The smallest absolute Gasteiger partial charge is 0.266 e. The van der Waals surface area contributed by atoms with Crippen LogP contribution in [0.2, 0.25) is 5.02 Å². The molecular weight excluding hydrogens is 656 g/mol. The molecule has 3 heterocycles. The Bertz CT molecular complexity index is 2010. The minimum atomic E-state index is -0.471. The standard InChI is InChI=1S/C37H43ClN8O4/c1-7-44-13-15-45(16-14-44)37(2,3)21-26(22-39)34(47)42-27-10-8-9-24(17-27)11-12-46-33-25(23-41-36(40-4)43-33)18-30(35(46)48)29-19-28(49-5)20-31(50-6)32(29)38/h8-10,17-21,23H,7,11-16H2,1-6H3,(H,42,47)(H,40,41,43). The Balaban J connectivity index is 1.41. The van der Waals surface area contributed by atoms with Crippen LogP contribution in [0.25, 0.3) is 22.2 Å². The van der Waals surface area contributed by atoms with Crippen LogP contribution in [0, 0.1) is 11.3 Å². The highest BCUT2D eigenvalue weighted by Gasteiger charge is 2.29. The molecule has 2 N–H and O–H groups in total. The van der Waals surface area contributed by atoms with Crippen molar-refractivity contribution >= 4 is 40.2 Å². The number of carbonyl (C=O) groups excluding carboxylic acids is 1. The largest absolute Gasteiger partial charge is 0.497 e. The van der Waals surface area contributed by atoms with Gasteiger partial charge in [-0.05, 0) is 62.7 Å². The van der Waals surface area contributed by atoms with E-state index in [0.717, 1.165) is 38.3 Å². The topological polar surface area (TPSA) is 138 Å². The van der Waals surface area contributed by atoms with E-state index in [1.807, 2.05) is 32.0 Å². The zero-order valence-electron chi connectivity index (χ0n) is 29.3. The molecule has 0 aliphatic carbocycles. The number of ether oxygens (including phenoxy) is 2. The molecule has 1 saturated heterocycles. The van der Waals surface area contributed by atoms with Crippen molar-refractivity contribution < 1.29 is 14.3 Å². The predicted molar refractivity (Wildman–Crippen MR) is 197 cm³/mol. The van der Waals surface area contributed by atoms with Gasteiger partial charge in [0.15, 0.2) is 0 Å². The zero-order chi connectivity index (χ0) is 36.0. The summed E-state index contributed by atoms with van der Waals surface area (Å²) in [6.45, 7) is 11.1. The van der Waals surface area contributed by atoms with Crippen molar-refractivity contribution in [2.24, 2.45) is 0 Å². The van der Waals surface area contributed by atoms with Crippen LogP contribution in [-0.2, 0) is 17.8 Å². The number of pyridine rings is 1. The number of benzene rings is 2. The Morgan fingerprint density at radius 2 is 1.86 bits per heavy atom. The van der Waals surface area contributed by atoms with E-state index < -0.39 is 11.4 Å². The molecule has 13 heteroatoms. The molecule has 1 aliphatic heterocycles. The van der Waals surface area contributed by atoms with Crippen LogP contribution in [0.15, 0.2) is 65.1 Å². The highest BCUT2D eigenvalue weighted by molar-refractivity contribution is 6.35. The minimum absolute atomic E-state index is 0.0565. The van der Waals surface area contributed by atoms with E-state index in [9.17, 15) is 14.9 Å². The molecule has 262 valence electrons. The maximum Gasteiger partial charge on any atom is 0.266 e. The lowest BCUT2D eigenvalue weighted by Crippen LogP contribution is -2.54. The van der Waals surface area contributed by atoms with E-state index in [1.165, 1.54) is 14.2 Å². The molecule has 2 aromatic carbocycles. The second-order valence-electron chi connectivity index (χ2n) is 12.6. The summed E-state index contributed by atoms with van der Waals surface area (Å²) >= 11 is 6.71. The molecule has 1 aliphatic rings. The van der Waals surface area contributed by atoms with Gasteiger partial charge in [0.05, 0.1) is 19.2 Å². The number of carbonyl (C=O) groups is 1. The number of likely N-dealkylation sites (N-methyl/N-ethyl adjacent to an activating group) is 1. The third-order valence-electron chi connectivity index (χ3n) is 9.12. The van der Waals surface area contributed by atoms with Gasteiger partial charge in [0, 0.05) is 79.8 Å². The molecule has 1 fully saturated rings. The number of rotatable bonds is 12. The molecule has 0 unspecified atom stereocenters. The number of amides is 1. The van der Waals surface area contributed by atoms with E-state index in [2.05, 4.69) is 43.4 Å². The fourth-order valence-corrected chi connectivity index (χ4v) is 6.48. The van der Waals surface area contributed by atoms with Gasteiger partial charge in [-0.2, -0.15) is 10.2 Å². The van der Waals surface area contributed by atoms with Crippen molar-refractivity contribution in [3.63, 3.8) is 0 Å². The van der Waals surface area contributed by atoms with Crippen molar-refractivity contribution in [2.45, 2.75) is 39.3 Å². The first kappa shape index (κ1) is 36.3. The highest BCUT2D eigenvalue weighted by Crippen LogP contribution is 2.38. The third kappa shape index (κ3) is 7.91. The minimum Gasteiger partial charge on any atom is -0.497 e. The van der Waals surface area contributed by atoms with Gasteiger partial charge in [-0.25, -0.2) is 4.98 Å². The number of hydrogen-bond donors (Lipinski definition) is 2. The average Bonchev–Trinajstić information content (AvgIpc) is 3.13. The summed E-state index contributed by atoms with van der Waals surface area (Å²) < 4.78 is 12.5. The SMILES string of the molecule is CCN1CCN(C(C)(C)C=C(C#N)C(=O)Nc2cccc(CCn3c(=O)c(-c4cc(OC)cc(OC)c4Cl)cc4cnc(NC)nc43)c2)CC1. The fraction of sp³-hybridized carbons (Fsp3) is 0.378. The lowest BCUT2D eigenvalue weighted by atomic mass is 9.97. The molecule has 0 saturated carbocycles. The van der Waals surface area contributed by atoms with Crippen molar-refractivity contribution in [3.8, 4) is 28.7 Å². The number of methoxy groups -OCH3 is 2. The van der Waals surface area contributed by atoms with E-state index in [1.54, 1.807) is 48.2 Å². The van der Waals surface area contributed by atoms with Crippen molar-refractivity contribution in [1.82, 2.24) is 24.3 Å². The lowest BCUT2D eigenvalue weighted by molar-refractivity contribution is -0.112. The quantitative estimate of drug-likeness (QED) is 0.150. The summed E-state index contributed by atoms with van der Waals surface area (Å²) in [5, 5.41) is 16.7. The molecule has 2 aromatic heterocycles. The number of fused-ring (bicyclic) bond motifs is 1. The van der Waals surface area contributed by atoms with E-state index in [0.29, 0.717) is 51.7 Å². The molecule has 4 aromatic rings. The third-order valence-corrected chi connectivity index (χ3v) is 9.51. The van der Waals surface area contributed by atoms with Gasteiger partial charge in [-0.1, -0.05) is 30.7 Å². The van der Waals surface area contributed by atoms with Gasteiger partial charge >= 0.3 is 0 Å². The van der Waals surface area contributed by atoms with Crippen LogP contribution in [0.1, 0.15) is 26.3 Å². The monoisotopic (exact) mass is 698 g/mol. The van der Waals surface area contributed by atoms with Crippen LogP contribution >= 0.6 is 11.6 Å². The molecule has 5 rings (SSSR count). The first-order valence-electron chi connectivity index (χ1n) is 16.5. The lowest BCUT2D eigenvalue weighted by Gasteiger charge is -2.42. The van der Waals surface area contributed by atoms with Crippen LogP contribution in [0.3, 0.4) is 0 Å². The second kappa shape index (κ2) is 15.7. The number of halogens is 1. The number of aryl methyl sites for hydroxylation is 2. The predicted octanol–water partition coefficient (Wildman–Crippen LogP) is 5.22. The number of nitriles is 1. The highest BCUT2D eigenvalue weighted by atomic mass is 35.5. The molecule has 1 amide bonds. The number of piperazine rings is 1. The fourth-order valence-electron chi connectivity index (χ4n) is 6.19. The Labute approximate surface area is 297 Å². The van der Waals surface area contributed by atoms with E-state index in [4.69, 9.17) is 21.1 Å². The number of nitrogens with zero attached hydrogens (tertiary/aromatic N) is 6. The van der Waals surface area contributed by atoms with Gasteiger partial charge in [0.25, 0.3) is 11.5 Å². The maximum atomic E-state index is 14.2. The molecule has 0 atom stereocenters. The van der Waals surface area contributed by atoms with Crippen molar-refractivity contribution in [3.05, 3.63) is 81.3 Å². The van der Waals surface area contributed by atoms with Gasteiger partial charge in [0.1, 0.15) is 28.8 Å². The van der Waals surface area contributed by atoms with Gasteiger partial charge in [0.2, 0.25) is 5.95 Å². The van der Waals surface area contributed by atoms with E-state index in [-0.39, 0.29) is 22.7 Å². The van der Waals surface area contributed by atoms with Crippen LogP contribution in [0.5, 0.6) is 11.5 Å². The van der Waals surface area contributed by atoms with Crippen molar-refractivity contribution in [1.29, 1.82) is 5.26 Å². The molecule has 12 nitrogen and oxygen atoms in total. The van der Waals surface area contributed by atoms with Crippen LogP contribution in [-0.4, -0.2) is 89.8 Å². The van der Waals surface area contributed by atoms with E-state index >= 15 is 0 Å². The van der Waals surface area contributed by atoms with Gasteiger partial charge < -0.3 is 25.0 Å². The summed E-state index contributed by atoms with van der Waals surface area (Å²) in [5.74, 6) is 0.764. The average molecular weight is 699 g/mol. The molecule has 0 bridgehead atoms. The Morgan fingerprint density at radius 1 is 1.10 bits per heavy atom. The maximum absolute atomic E-state index is 14.2. The number of anilines is 2. The zero-order valence-corrected chi connectivity index (χ0v) is 30.1. The number of hydrogen-bond acceptors (Lipinski definition) is 10. The summed E-state index contributed by atoms with van der Waals surface area (Å²) in [7, 11) is 4.74. The number of aromatic nitrogens is 3. The molecule has 0 spiro atoms. The Kier molecular flexibility index (Phi) is 11.4. The van der Waals surface area contributed by atoms with Crippen LogP contribution in [0.4, 0.5) is 11.6 Å². The van der Waals surface area contributed by atoms with Gasteiger partial charge in [-0.3, -0.25) is 19.1 Å². The number of nitrogens with one attached hydrogen (secondary N) is 2. The van der Waals surface area contributed by atoms with Crippen molar-refractivity contribution in [2.75, 3.05) is 64.6 Å². The summed E-state index contributed by atoms with van der Waals surface area (Å²) in [6, 6.07) is 14.5. The summed E-state index contributed by atoms with van der Waals surface area (Å²) in [4.78, 5) is 41.1. The Morgan fingerprint density at radius 3 is 2.52 bits per heavy atom. The summed E-state index contributed by atoms with van der Waals surface area (Å²) in [6.07, 6.45) is 3.85. The second-order valence-corrected chi connectivity index (χ2v) is 13.0. The molecule has 0 radical (unpaired) electrons. The first-order valence-corrected chi connectivity index (χ1v) is 16.9. The Hall–Kier alpha value is -4.96.